The van der Waals surface area contributed by atoms with E-state index in [0.717, 1.165) is 0 Å². The average molecular weight is 475 g/mol. The lowest BCUT2D eigenvalue weighted by atomic mass is 10.1. The van der Waals surface area contributed by atoms with Crippen molar-refractivity contribution in [3.05, 3.63) is 0 Å². The van der Waals surface area contributed by atoms with Gasteiger partial charge in [0.05, 0.1) is 6.04 Å². The average Bonchev–Trinajstić information content (AvgIpc) is 2.72. The number of nitrogens with two attached hydrogens (primary N) is 3. The Morgan fingerprint density at radius 3 is 1.67 bits per heavy atom. The molecule has 11 N–H and O–H groups in total. The van der Waals surface area contributed by atoms with Gasteiger partial charge in [0, 0.05) is 12.8 Å². The number of unbranched alkanes of at least 4 members (excludes halogenated alkanes) is 1. The number of rotatable bonds is 17. The summed E-state index contributed by atoms with van der Waals surface area (Å²) >= 11 is 0. The molecule has 0 aliphatic heterocycles. The Balaban J connectivity index is 5.48. The van der Waals surface area contributed by atoms with Crippen LogP contribution in [0.1, 0.15) is 51.9 Å². The Morgan fingerprint density at radius 1 is 0.758 bits per heavy atom. The fraction of sp³-hybridized carbons (Fsp3) is 0.684. The van der Waals surface area contributed by atoms with Gasteiger partial charge in [0.1, 0.15) is 18.1 Å². The first-order chi connectivity index (χ1) is 15.4. The van der Waals surface area contributed by atoms with Crippen molar-refractivity contribution in [1.29, 1.82) is 0 Å². The second kappa shape index (κ2) is 15.5. The van der Waals surface area contributed by atoms with E-state index >= 15 is 0 Å². The lowest BCUT2D eigenvalue weighted by molar-refractivity contribution is -0.143. The van der Waals surface area contributed by atoms with Gasteiger partial charge in [0.15, 0.2) is 0 Å². The summed E-state index contributed by atoms with van der Waals surface area (Å²) in [6, 6.07) is -4.93. The number of primary amides is 1. The second-order valence-electron chi connectivity index (χ2n) is 7.53. The molecule has 0 aromatic heterocycles. The van der Waals surface area contributed by atoms with Gasteiger partial charge in [0.25, 0.3) is 0 Å². The zero-order chi connectivity index (χ0) is 25.6. The molecule has 0 aliphatic carbocycles. The molecule has 188 valence electrons. The van der Waals surface area contributed by atoms with Crippen LogP contribution in [-0.4, -0.2) is 76.5 Å². The third-order valence-electron chi connectivity index (χ3n) is 4.57. The molecule has 14 heteroatoms. The summed E-state index contributed by atoms with van der Waals surface area (Å²) in [7, 11) is 0. The summed E-state index contributed by atoms with van der Waals surface area (Å²) < 4.78 is 0. The van der Waals surface area contributed by atoms with Crippen LogP contribution in [0.5, 0.6) is 0 Å². The van der Waals surface area contributed by atoms with Crippen molar-refractivity contribution in [2.24, 2.45) is 17.2 Å². The summed E-state index contributed by atoms with van der Waals surface area (Å²) in [5.41, 5.74) is 16.0. The van der Waals surface area contributed by atoms with Crippen LogP contribution < -0.4 is 33.2 Å². The van der Waals surface area contributed by atoms with E-state index in [9.17, 15) is 33.9 Å². The van der Waals surface area contributed by atoms with Gasteiger partial charge in [-0.15, -0.1) is 0 Å². The lowest BCUT2D eigenvalue weighted by Crippen LogP contribution is -2.57. The summed E-state index contributed by atoms with van der Waals surface area (Å²) in [5, 5.41) is 25.2. The number of hydrogen-bond donors (Lipinski definition) is 8. The van der Waals surface area contributed by atoms with Crippen molar-refractivity contribution in [1.82, 2.24) is 16.0 Å². The Hall–Kier alpha value is -3.26. The standard InChI is InChI=1S/C19H34N6O8/c1-10(21)16(29)23-11(5-7-14(22)26)17(30)24-12(6-8-15(27)28)18(31)25-13(19(32)33)4-2-3-9-20/h10-13H,2-9,20-21H2,1H3,(H2,22,26)(H,23,29)(H,24,30)(H,25,31)(H,27,28)(H,32,33)/t10-,11-,12-,13-/m0/s1. The zero-order valence-corrected chi connectivity index (χ0v) is 18.5. The third-order valence-corrected chi connectivity index (χ3v) is 4.57. The molecule has 4 amide bonds. The van der Waals surface area contributed by atoms with Crippen molar-refractivity contribution >= 4 is 35.6 Å². The van der Waals surface area contributed by atoms with Gasteiger partial charge in [-0.05, 0) is 45.6 Å². The smallest absolute Gasteiger partial charge is 0.326 e. The quantitative estimate of drug-likeness (QED) is 0.0999. The van der Waals surface area contributed by atoms with Gasteiger partial charge in [-0.25, -0.2) is 4.79 Å². The van der Waals surface area contributed by atoms with Crippen LogP contribution in [0.15, 0.2) is 0 Å². The molecule has 4 atom stereocenters. The van der Waals surface area contributed by atoms with E-state index in [1.54, 1.807) is 0 Å². The minimum absolute atomic E-state index is 0.0869. The molecule has 0 saturated carbocycles. The molecule has 0 fully saturated rings. The van der Waals surface area contributed by atoms with E-state index in [-0.39, 0.29) is 25.7 Å². The zero-order valence-electron chi connectivity index (χ0n) is 18.5. The van der Waals surface area contributed by atoms with E-state index < -0.39 is 66.2 Å². The van der Waals surface area contributed by atoms with Gasteiger partial charge in [-0.1, -0.05) is 0 Å². The van der Waals surface area contributed by atoms with Crippen LogP contribution in [0.2, 0.25) is 0 Å². The van der Waals surface area contributed by atoms with Crippen LogP contribution in [-0.2, 0) is 28.8 Å². The molecule has 14 nitrogen and oxygen atoms in total. The number of hydrogen-bond acceptors (Lipinski definition) is 8. The van der Waals surface area contributed by atoms with E-state index in [0.29, 0.717) is 19.4 Å². The predicted molar refractivity (Wildman–Crippen MR) is 115 cm³/mol. The molecule has 0 unspecified atom stereocenters. The summed E-state index contributed by atoms with van der Waals surface area (Å²) in [6.07, 6.45) is -0.232. The number of aliphatic carboxylic acids is 2. The van der Waals surface area contributed by atoms with Crippen molar-refractivity contribution < 1.29 is 39.0 Å². The molecule has 0 aromatic rings. The largest absolute Gasteiger partial charge is 0.481 e. The minimum Gasteiger partial charge on any atom is -0.481 e. The number of amides is 4. The maximum Gasteiger partial charge on any atom is 0.326 e. The first-order valence-corrected chi connectivity index (χ1v) is 10.5. The van der Waals surface area contributed by atoms with Crippen molar-refractivity contribution in [3.8, 4) is 0 Å². The number of carboxylic acid groups (broad SMARTS) is 2. The minimum atomic E-state index is -1.41. The first-order valence-electron chi connectivity index (χ1n) is 10.5. The van der Waals surface area contributed by atoms with Crippen LogP contribution in [0.25, 0.3) is 0 Å². The maximum absolute atomic E-state index is 12.7. The van der Waals surface area contributed by atoms with Gasteiger partial charge in [0.2, 0.25) is 23.6 Å². The van der Waals surface area contributed by atoms with E-state index in [4.69, 9.17) is 22.3 Å². The highest BCUT2D eigenvalue weighted by molar-refractivity contribution is 5.94. The van der Waals surface area contributed by atoms with Crippen LogP contribution >= 0.6 is 0 Å². The molecule has 33 heavy (non-hydrogen) atoms. The van der Waals surface area contributed by atoms with Gasteiger partial charge in [-0.2, -0.15) is 0 Å². The van der Waals surface area contributed by atoms with Crippen molar-refractivity contribution in [2.75, 3.05) is 6.54 Å². The normalized spacial score (nSPS) is 14.3. The van der Waals surface area contributed by atoms with Gasteiger partial charge < -0.3 is 43.4 Å². The molecular weight excluding hydrogens is 440 g/mol. The second-order valence-corrected chi connectivity index (χ2v) is 7.53. The molecule has 0 heterocycles. The summed E-state index contributed by atoms with van der Waals surface area (Å²) in [5.74, 6) is -5.76. The number of carboxylic acids is 2. The number of carbonyl (C=O) groups is 6. The highest BCUT2D eigenvalue weighted by Crippen LogP contribution is 2.06. The summed E-state index contributed by atoms with van der Waals surface area (Å²) in [4.78, 5) is 70.9. The number of carbonyl (C=O) groups excluding carboxylic acids is 4. The van der Waals surface area contributed by atoms with Gasteiger partial charge in [-0.3, -0.25) is 24.0 Å². The molecule has 0 aliphatic rings. The van der Waals surface area contributed by atoms with Crippen molar-refractivity contribution in [2.45, 2.75) is 76.0 Å². The third kappa shape index (κ3) is 13.0. The summed E-state index contributed by atoms with van der Waals surface area (Å²) in [6.45, 7) is 1.72. The van der Waals surface area contributed by atoms with E-state index in [1.165, 1.54) is 6.92 Å². The number of nitrogens with one attached hydrogen (secondary N) is 3. The highest BCUT2D eigenvalue weighted by atomic mass is 16.4. The fourth-order valence-electron chi connectivity index (χ4n) is 2.69. The highest BCUT2D eigenvalue weighted by Gasteiger charge is 2.30. The van der Waals surface area contributed by atoms with Crippen molar-refractivity contribution in [3.63, 3.8) is 0 Å². The first kappa shape index (κ1) is 29.7. The lowest BCUT2D eigenvalue weighted by Gasteiger charge is -2.24. The molecule has 0 radical (unpaired) electrons. The van der Waals surface area contributed by atoms with Gasteiger partial charge >= 0.3 is 11.9 Å². The molecular formula is C19H34N6O8. The molecule has 0 bridgehead atoms. The monoisotopic (exact) mass is 474 g/mol. The Labute approximate surface area is 191 Å². The SMILES string of the molecule is C[C@H](N)C(=O)N[C@@H](CCC(N)=O)C(=O)N[C@@H](CCC(=O)O)C(=O)N[C@@H](CCCCN)C(=O)O. The molecule has 0 saturated heterocycles. The Kier molecular flexibility index (Phi) is 14.0. The van der Waals surface area contributed by atoms with E-state index in [1.807, 2.05) is 0 Å². The van der Waals surface area contributed by atoms with Crippen LogP contribution in [0.3, 0.4) is 0 Å². The Morgan fingerprint density at radius 2 is 1.24 bits per heavy atom. The van der Waals surface area contributed by atoms with Crippen LogP contribution in [0, 0.1) is 0 Å². The fourth-order valence-corrected chi connectivity index (χ4v) is 2.69. The topological polar surface area (TPSA) is 257 Å². The Bertz CT molecular complexity index is 714. The van der Waals surface area contributed by atoms with Crippen LogP contribution in [0.4, 0.5) is 0 Å². The molecule has 0 spiro atoms. The predicted octanol–water partition coefficient (Wildman–Crippen LogP) is -2.87. The maximum atomic E-state index is 12.7. The van der Waals surface area contributed by atoms with E-state index in [2.05, 4.69) is 16.0 Å². The molecule has 0 rings (SSSR count). The molecule has 0 aromatic carbocycles.